The van der Waals surface area contributed by atoms with Crippen molar-refractivity contribution < 1.29 is 14.7 Å². The van der Waals surface area contributed by atoms with Crippen LogP contribution in [0.25, 0.3) is 10.9 Å². The molecule has 0 radical (unpaired) electrons. The van der Waals surface area contributed by atoms with Gasteiger partial charge in [0.1, 0.15) is 5.82 Å². The Bertz CT molecular complexity index is 714. The summed E-state index contributed by atoms with van der Waals surface area (Å²) in [4.78, 5) is 29.4. The predicted octanol–water partition coefficient (Wildman–Crippen LogP) is 1.26. The molecule has 2 heterocycles. The number of nitrogens with one attached hydrogen (secondary N) is 1. The topological polar surface area (TPSA) is 82.5 Å². The van der Waals surface area contributed by atoms with Crippen molar-refractivity contribution >= 4 is 28.6 Å². The fourth-order valence-corrected chi connectivity index (χ4v) is 2.50. The minimum Gasteiger partial charge on any atom is -0.478 e. The lowest BCUT2D eigenvalue weighted by atomic mass is 10.1. The molecule has 1 saturated heterocycles. The number of hydrogen-bond donors (Lipinski definition) is 2. The van der Waals surface area contributed by atoms with Crippen molar-refractivity contribution in [2.75, 3.05) is 24.5 Å². The van der Waals surface area contributed by atoms with E-state index in [4.69, 9.17) is 0 Å². The van der Waals surface area contributed by atoms with Gasteiger partial charge in [0.05, 0.1) is 17.6 Å². The van der Waals surface area contributed by atoms with E-state index in [0.717, 1.165) is 6.42 Å². The van der Waals surface area contributed by atoms with Crippen LogP contribution in [0.5, 0.6) is 0 Å². The highest BCUT2D eigenvalue weighted by Gasteiger charge is 2.19. The molecule has 0 unspecified atom stereocenters. The maximum atomic E-state index is 11.7. The molecule has 1 aliphatic rings. The van der Waals surface area contributed by atoms with Crippen LogP contribution in [0.4, 0.5) is 5.82 Å². The minimum absolute atomic E-state index is 0.0701. The van der Waals surface area contributed by atoms with E-state index in [1.807, 2.05) is 11.0 Å². The highest BCUT2D eigenvalue weighted by atomic mass is 16.4. The van der Waals surface area contributed by atoms with Crippen LogP contribution >= 0.6 is 0 Å². The number of aromatic nitrogens is 1. The van der Waals surface area contributed by atoms with Crippen LogP contribution in [-0.4, -0.2) is 41.6 Å². The quantitative estimate of drug-likeness (QED) is 0.868. The number of carbonyl (C=O) groups excluding carboxylic acids is 1. The number of hydrogen-bond acceptors (Lipinski definition) is 4. The Morgan fingerprint density at radius 3 is 2.95 bits per heavy atom. The molecule has 2 aromatic rings. The summed E-state index contributed by atoms with van der Waals surface area (Å²) in [5.74, 6) is -0.531. The van der Waals surface area contributed by atoms with Gasteiger partial charge in [0, 0.05) is 18.5 Å². The number of rotatable bonds is 2. The third-order valence-electron chi connectivity index (χ3n) is 3.52. The molecule has 6 nitrogen and oxygen atoms in total. The first-order valence-corrected chi connectivity index (χ1v) is 6.80. The van der Waals surface area contributed by atoms with Gasteiger partial charge in [-0.2, -0.15) is 0 Å². The molecule has 0 bridgehead atoms. The molecule has 1 aromatic heterocycles. The van der Waals surface area contributed by atoms with Crippen LogP contribution in [0.1, 0.15) is 16.8 Å². The first-order valence-electron chi connectivity index (χ1n) is 6.80. The maximum Gasteiger partial charge on any atom is 0.336 e. The van der Waals surface area contributed by atoms with Gasteiger partial charge in [-0.3, -0.25) is 4.79 Å². The molecule has 3 rings (SSSR count). The molecule has 0 spiro atoms. The Morgan fingerprint density at radius 2 is 2.14 bits per heavy atom. The Kier molecular flexibility index (Phi) is 3.43. The summed E-state index contributed by atoms with van der Waals surface area (Å²) in [7, 11) is 0. The Morgan fingerprint density at radius 1 is 1.33 bits per heavy atom. The van der Waals surface area contributed by atoms with Gasteiger partial charge in [0.25, 0.3) is 0 Å². The third kappa shape index (κ3) is 2.65. The largest absolute Gasteiger partial charge is 0.478 e. The molecule has 0 atom stereocenters. The number of para-hydroxylation sites is 1. The summed E-state index contributed by atoms with van der Waals surface area (Å²) < 4.78 is 0. The lowest BCUT2D eigenvalue weighted by molar-refractivity contribution is -0.119. The monoisotopic (exact) mass is 285 g/mol. The normalized spacial score (nSPS) is 15.6. The van der Waals surface area contributed by atoms with E-state index in [-0.39, 0.29) is 18.0 Å². The summed E-state index contributed by atoms with van der Waals surface area (Å²) in [6.07, 6.45) is 0.808. The SMILES string of the molecule is O=C1CN(c2cc(C(=O)O)c3ccccc3n2)CCCN1. The van der Waals surface area contributed by atoms with Gasteiger partial charge < -0.3 is 15.3 Å². The average molecular weight is 285 g/mol. The zero-order valence-electron chi connectivity index (χ0n) is 11.4. The number of amides is 1. The molecule has 6 heteroatoms. The molecular formula is C15H15N3O3. The molecule has 1 fully saturated rings. The van der Waals surface area contributed by atoms with Crippen molar-refractivity contribution in [3.63, 3.8) is 0 Å². The Hall–Kier alpha value is -2.63. The molecule has 21 heavy (non-hydrogen) atoms. The van der Waals surface area contributed by atoms with Crippen molar-refractivity contribution in [2.45, 2.75) is 6.42 Å². The second-order valence-corrected chi connectivity index (χ2v) is 4.98. The van der Waals surface area contributed by atoms with Gasteiger partial charge in [-0.1, -0.05) is 18.2 Å². The minimum atomic E-state index is -0.992. The highest BCUT2D eigenvalue weighted by molar-refractivity contribution is 6.03. The van der Waals surface area contributed by atoms with E-state index in [1.165, 1.54) is 0 Å². The van der Waals surface area contributed by atoms with Crippen molar-refractivity contribution in [1.29, 1.82) is 0 Å². The third-order valence-corrected chi connectivity index (χ3v) is 3.52. The Balaban J connectivity index is 2.10. The van der Waals surface area contributed by atoms with E-state index in [9.17, 15) is 14.7 Å². The molecule has 1 aromatic carbocycles. The molecule has 1 amide bonds. The first kappa shape index (κ1) is 13.4. The van der Waals surface area contributed by atoms with Crippen LogP contribution in [-0.2, 0) is 4.79 Å². The fourth-order valence-electron chi connectivity index (χ4n) is 2.50. The van der Waals surface area contributed by atoms with Crippen molar-refractivity contribution in [3.8, 4) is 0 Å². The van der Waals surface area contributed by atoms with E-state index in [0.29, 0.717) is 29.8 Å². The first-order chi connectivity index (χ1) is 10.1. The number of aromatic carboxylic acids is 1. The zero-order chi connectivity index (χ0) is 14.8. The van der Waals surface area contributed by atoms with Crippen molar-refractivity contribution in [1.82, 2.24) is 10.3 Å². The van der Waals surface area contributed by atoms with E-state index in [2.05, 4.69) is 10.3 Å². The van der Waals surface area contributed by atoms with E-state index in [1.54, 1.807) is 24.3 Å². The zero-order valence-corrected chi connectivity index (χ0v) is 11.4. The van der Waals surface area contributed by atoms with Gasteiger partial charge >= 0.3 is 5.97 Å². The van der Waals surface area contributed by atoms with Crippen molar-refractivity contribution in [3.05, 3.63) is 35.9 Å². The van der Waals surface area contributed by atoms with Gasteiger partial charge in [0.15, 0.2) is 0 Å². The average Bonchev–Trinajstić information content (AvgIpc) is 2.70. The smallest absolute Gasteiger partial charge is 0.336 e. The van der Waals surface area contributed by atoms with Crippen LogP contribution in [0, 0.1) is 0 Å². The number of carboxylic acids is 1. The van der Waals surface area contributed by atoms with E-state index < -0.39 is 5.97 Å². The lowest BCUT2D eigenvalue weighted by Crippen LogP contribution is -2.33. The number of carboxylic acid groups (broad SMARTS) is 1. The molecule has 2 N–H and O–H groups in total. The number of anilines is 1. The van der Waals surface area contributed by atoms with Crippen LogP contribution in [0.15, 0.2) is 30.3 Å². The lowest BCUT2D eigenvalue weighted by Gasteiger charge is -2.21. The molecular weight excluding hydrogens is 270 g/mol. The number of fused-ring (bicyclic) bond motifs is 1. The Labute approximate surface area is 121 Å². The van der Waals surface area contributed by atoms with E-state index >= 15 is 0 Å². The van der Waals surface area contributed by atoms with Gasteiger partial charge in [-0.15, -0.1) is 0 Å². The number of carbonyl (C=O) groups is 2. The van der Waals surface area contributed by atoms with Gasteiger partial charge in [-0.25, -0.2) is 9.78 Å². The number of benzene rings is 1. The predicted molar refractivity (Wildman–Crippen MR) is 78.5 cm³/mol. The summed E-state index contributed by atoms with van der Waals surface area (Å²) in [5, 5.41) is 12.8. The molecule has 0 aliphatic carbocycles. The summed E-state index contributed by atoms with van der Waals surface area (Å²) in [6, 6.07) is 8.67. The van der Waals surface area contributed by atoms with Crippen molar-refractivity contribution in [2.24, 2.45) is 0 Å². The summed E-state index contributed by atoms with van der Waals surface area (Å²) >= 11 is 0. The maximum absolute atomic E-state index is 11.7. The molecule has 108 valence electrons. The number of nitrogens with zero attached hydrogens (tertiary/aromatic N) is 2. The second-order valence-electron chi connectivity index (χ2n) is 4.98. The van der Waals surface area contributed by atoms with Gasteiger partial charge in [-0.05, 0) is 18.6 Å². The van der Waals surface area contributed by atoms with Gasteiger partial charge in [0.2, 0.25) is 5.91 Å². The summed E-state index contributed by atoms with van der Waals surface area (Å²) in [5.41, 5.74) is 0.831. The standard InChI is InChI=1S/C15H15N3O3/c19-14-9-18(7-3-6-16-14)13-8-11(15(20)21)10-4-1-2-5-12(10)17-13/h1-2,4-5,8H,3,6-7,9H2,(H,16,19)(H,20,21). The van der Waals surface area contributed by atoms with Crippen LogP contribution < -0.4 is 10.2 Å². The van der Waals surface area contributed by atoms with Crippen LogP contribution in [0.2, 0.25) is 0 Å². The summed E-state index contributed by atoms with van der Waals surface area (Å²) in [6.45, 7) is 1.50. The van der Waals surface area contributed by atoms with Crippen LogP contribution in [0.3, 0.4) is 0 Å². The number of pyridine rings is 1. The fraction of sp³-hybridized carbons (Fsp3) is 0.267. The molecule has 1 aliphatic heterocycles. The molecule has 0 saturated carbocycles. The second kappa shape index (κ2) is 5.40. The highest BCUT2D eigenvalue weighted by Crippen LogP contribution is 2.23.